The summed E-state index contributed by atoms with van der Waals surface area (Å²) < 4.78 is 27.9. The van der Waals surface area contributed by atoms with Crippen LogP contribution in [0.4, 0.5) is 4.39 Å². The van der Waals surface area contributed by atoms with Gasteiger partial charge in [0.25, 0.3) is 0 Å². The molecule has 0 aromatic rings. The quantitative estimate of drug-likeness (QED) is 0.693. The normalized spacial score (nSPS) is 52.1. The molecule has 4 aliphatic carbocycles. The Morgan fingerprint density at radius 2 is 1.97 bits per heavy atom. The molecular formula is C24H31FO6. The number of Topliss-reactive ketones (excluding diaryl/α,β-unsaturated/α-hetero) is 1. The second-order valence-corrected chi connectivity index (χ2v) is 11.0. The number of aliphatic hydroxyl groups excluding tert-OH is 2. The van der Waals surface area contributed by atoms with Gasteiger partial charge in [0.2, 0.25) is 0 Å². The van der Waals surface area contributed by atoms with Gasteiger partial charge in [0.15, 0.2) is 23.0 Å². The molecule has 1 heterocycles. The fraction of sp³-hybridized carbons (Fsp3) is 0.750. The number of halogens is 1. The van der Waals surface area contributed by atoms with Gasteiger partial charge >= 0.3 is 0 Å². The van der Waals surface area contributed by atoms with Crippen molar-refractivity contribution in [3.8, 4) is 0 Å². The van der Waals surface area contributed by atoms with Crippen LogP contribution in [0.1, 0.15) is 47.0 Å². The summed E-state index contributed by atoms with van der Waals surface area (Å²) in [6.07, 6.45) is 2.90. The van der Waals surface area contributed by atoms with E-state index in [0.29, 0.717) is 12.0 Å². The van der Waals surface area contributed by atoms with E-state index in [0.717, 1.165) is 0 Å². The van der Waals surface area contributed by atoms with Crippen molar-refractivity contribution in [2.45, 2.75) is 76.7 Å². The maximum absolute atomic E-state index is 15.4. The van der Waals surface area contributed by atoms with Crippen molar-refractivity contribution in [1.82, 2.24) is 0 Å². The SMILES string of the molecule is CC1(C)OC2CC3C4CC(F)C5=CC(=O)C=C[C@]5(C)C4C(O)C[C@]3(C)[C@]2(C(=O)CO)O1. The van der Waals surface area contributed by atoms with Crippen LogP contribution in [-0.2, 0) is 19.1 Å². The van der Waals surface area contributed by atoms with Gasteiger partial charge in [-0.2, -0.15) is 0 Å². The highest BCUT2D eigenvalue weighted by molar-refractivity contribution is 6.01. The van der Waals surface area contributed by atoms with Gasteiger partial charge in [-0.05, 0) is 62.7 Å². The molecule has 0 aromatic carbocycles. The van der Waals surface area contributed by atoms with E-state index < -0.39 is 53.0 Å². The molecular weight excluding hydrogens is 403 g/mol. The van der Waals surface area contributed by atoms with Crippen molar-refractivity contribution in [1.29, 1.82) is 0 Å². The first-order valence-corrected chi connectivity index (χ1v) is 11.2. The van der Waals surface area contributed by atoms with Gasteiger partial charge < -0.3 is 19.7 Å². The van der Waals surface area contributed by atoms with Crippen LogP contribution in [-0.4, -0.2) is 58.2 Å². The Kier molecular flexibility index (Phi) is 4.38. The molecule has 2 N–H and O–H groups in total. The lowest BCUT2D eigenvalue weighted by molar-refractivity contribution is -0.226. The first-order chi connectivity index (χ1) is 14.4. The van der Waals surface area contributed by atoms with Crippen LogP contribution in [0.5, 0.6) is 0 Å². The summed E-state index contributed by atoms with van der Waals surface area (Å²) in [6, 6.07) is 0. The minimum atomic E-state index is -1.37. The maximum atomic E-state index is 15.4. The third-order valence-electron chi connectivity index (χ3n) is 9.03. The van der Waals surface area contributed by atoms with Gasteiger partial charge in [0.05, 0.1) is 12.2 Å². The van der Waals surface area contributed by atoms with Gasteiger partial charge in [-0.1, -0.05) is 19.9 Å². The highest BCUT2D eigenvalue weighted by atomic mass is 19.1. The van der Waals surface area contributed by atoms with Gasteiger partial charge in [-0.25, -0.2) is 4.39 Å². The first-order valence-electron chi connectivity index (χ1n) is 11.2. The number of hydrogen-bond acceptors (Lipinski definition) is 6. The topological polar surface area (TPSA) is 93.1 Å². The average molecular weight is 435 g/mol. The summed E-state index contributed by atoms with van der Waals surface area (Å²) >= 11 is 0. The molecule has 0 aromatic heterocycles. The van der Waals surface area contributed by atoms with Crippen LogP contribution in [0, 0.1) is 28.6 Å². The van der Waals surface area contributed by atoms with Crippen LogP contribution >= 0.6 is 0 Å². The Hall–Kier alpha value is -1.41. The number of hydrogen-bond donors (Lipinski definition) is 2. The lowest BCUT2D eigenvalue weighted by Gasteiger charge is -2.60. The molecule has 0 amide bonds. The van der Waals surface area contributed by atoms with Crippen molar-refractivity contribution in [3.63, 3.8) is 0 Å². The molecule has 170 valence electrons. The van der Waals surface area contributed by atoms with Crippen LogP contribution in [0.2, 0.25) is 0 Å². The predicted octanol–water partition coefficient (Wildman–Crippen LogP) is 2.27. The zero-order valence-corrected chi connectivity index (χ0v) is 18.4. The summed E-state index contributed by atoms with van der Waals surface area (Å²) in [5.41, 5.74) is -2.50. The number of aliphatic hydroxyl groups is 2. The molecule has 6 unspecified atom stereocenters. The molecule has 7 heteroatoms. The lowest BCUT2D eigenvalue weighted by Crippen LogP contribution is -2.64. The van der Waals surface area contributed by atoms with Gasteiger partial charge in [-0.3, -0.25) is 9.59 Å². The molecule has 1 aliphatic heterocycles. The first kappa shape index (κ1) is 21.4. The molecule has 3 saturated carbocycles. The fourth-order valence-electron chi connectivity index (χ4n) is 8.05. The molecule has 4 fully saturated rings. The molecule has 0 radical (unpaired) electrons. The standard InChI is InChI=1S/C24H31FO6/c1-21(2)30-19-9-14-13-8-16(25)15-7-12(27)5-6-22(15,3)20(13)17(28)10-23(14,4)24(19,31-21)18(29)11-26/h5-7,13-14,16-17,19-20,26,28H,8-11H2,1-4H3/t13?,14?,16?,17?,19?,20?,22-,23-,24+/m0/s1. The van der Waals surface area contributed by atoms with Crippen LogP contribution in [0.15, 0.2) is 23.8 Å². The Morgan fingerprint density at radius 3 is 2.65 bits per heavy atom. The monoisotopic (exact) mass is 434 g/mol. The Balaban J connectivity index is 1.62. The van der Waals surface area contributed by atoms with E-state index >= 15 is 4.39 Å². The molecule has 5 rings (SSSR count). The number of fused-ring (bicyclic) bond motifs is 7. The van der Waals surface area contributed by atoms with Gasteiger partial charge in [0.1, 0.15) is 12.8 Å². The number of ether oxygens (including phenoxy) is 2. The van der Waals surface area contributed by atoms with Crippen LogP contribution in [0.25, 0.3) is 0 Å². The Labute approximate surface area is 181 Å². The predicted molar refractivity (Wildman–Crippen MR) is 109 cm³/mol. The smallest absolute Gasteiger partial charge is 0.193 e. The Morgan fingerprint density at radius 1 is 1.26 bits per heavy atom. The van der Waals surface area contributed by atoms with E-state index in [4.69, 9.17) is 9.47 Å². The number of rotatable bonds is 2. The number of ketones is 2. The summed E-state index contributed by atoms with van der Waals surface area (Å²) in [6.45, 7) is 6.65. The zero-order chi connectivity index (χ0) is 22.6. The third kappa shape index (κ3) is 2.52. The second kappa shape index (κ2) is 6.34. The Bertz CT molecular complexity index is 910. The van der Waals surface area contributed by atoms with Crippen molar-refractivity contribution in [3.05, 3.63) is 23.8 Å². The number of carbonyl (C=O) groups is 2. The van der Waals surface area contributed by atoms with E-state index in [9.17, 15) is 19.8 Å². The molecule has 31 heavy (non-hydrogen) atoms. The number of carbonyl (C=O) groups excluding carboxylic acids is 2. The minimum Gasteiger partial charge on any atom is -0.393 e. The summed E-state index contributed by atoms with van der Waals surface area (Å²) in [4.78, 5) is 25.1. The van der Waals surface area contributed by atoms with E-state index in [2.05, 4.69) is 0 Å². The van der Waals surface area contributed by atoms with E-state index in [1.54, 1.807) is 19.9 Å². The summed E-state index contributed by atoms with van der Waals surface area (Å²) in [5, 5.41) is 21.3. The fourth-order valence-corrected chi connectivity index (χ4v) is 8.05. The summed E-state index contributed by atoms with van der Waals surface area (Å²) in [5.74, 6) is -2.28. The van der Waals surface area contributed by atoms with Crippen molar-refractivity contribution in [2.24, 2.45) is 28.6 Å². The van der Waals surface area contributed by atoms with E-state index in [1.807, 2.05) is 13.8 Å². The molecule has 9 atom stereocenters. The molecule has 1 saturated heterocycles. The molecule has 5 aliphatic rings. The molecule has 0 bridgehead atoms. The highest BCUT2D eigenvalue weighted by Gasteiger charge is 2.77. The summed E-state index contributed by atoms with van der Waals surface area (Å²) in [7, 11) is 0. The van der Waals surface area contributed by atoms with Crippen molar-refractivity contribution >= 4 is 11.6 Å². The lowest BCUT2D eigenvalue weighted by atomic mass is 9.46. The van der Waals surface area contributed by atoms with Gasteiger partial charge in [-0.15, -0.1) is 0 Å². The van der Waals surface area contributed by atoms with Crippen molar-refractivity contribution < 1.29 is 33.7 Å². The van der Waals surface area contributed by atoms with Crippen molar-refractivity contribution in [2.75, 3.05) is 6.61 Å². The molecule has 0 spiro atoms. The highest BCUT2D eigenvalue weighted by Crippen LogP contribution is 2.70. The average Bonchev–Trinajstić information content (AvgIpc) is 3.08. The largest absolute Gasteiger partial charge is 0.393 e. The minimum absolute atomic E-state index is 0.125. The van der Waals surface area contributed by atoms with Crippen LogP contribution in [0.3, 0.4) is 0 Å². The van der Waals surface area contributed by atoms with E-state index in [1.165, 1.54) is 12.2 Å². The van der Waals surface area contributed by atoms with Gasteiger partial charge in [0, 0.05) is 16.7 Å². The van der Waals surface area contributed by atoms with Crippen LogP contribution < -0.4 is 0 Å². The number of alkyl halides is 1. The zero-order valence-electron chi connectivity index (χ0n) is 18.4. The maximum Gasteiger partial charge on any atom is 0.193 e. The van der Waals surface area contributed by atoms with E-state index in [-0.39, 0.29) is 36.4 Å². The molecule has 6 nitrogen and oxygen atoms in total. The third-order valence-corrected chi connectivity index (χ3v) is 9.03. The number of allylic oxidation sites excluding steroid dienone is 4. The second-order valence-electron chi connectivity index (χ2n) is 11.0.